The van der Waals surface area contributed by atoms with Gasteiger partial charge in [0.2, 0.25) is 0 Å². The number of anilines is 1. The monoisotopic (exact) mass is 262 g/mol. The van der Waals surface area contributed by atoms with Gasteiger partial charge >= 0.3 is 6.18 Å². The number of alkyl halides is 3. The Morgan fingerprint density at radius 1 is 1.47 bits per heavy atom. The molecule has 0 aliphatic heterocycles. The molecule has 0 radical (unpaired) electrons. The first-order chi connectivity index (χ1) is 7.86. The molecule has 0 aliphatic carbocycles. The van der Waals surface area contributed by atoms with E-state index in [1.807, 2.05) is 6.07 Å². The highest BCUT2D eigenvalue weighted by Gasteiger charge is 2.34. The molecule has 0 bridgehead atoms. The van der Waals surface area contributed by atoms with E-state index in [1.54, 1.807) is 6.92 Å². The van der Waals surface area contributed by atoms with Crippen LogP contribution >= 0.6 is 11.6 Å². The van der Waals surface area contributed by atoms with Gasteiger partial charge in [-0.15, -0.1) is 0 Å². The second-order valence-corrected chi connectivity index (χ2v) is 3.97. The average molecular weight is 263 g/mol. The molecule has 1 aromatic rings. The normalized spacial score (nSPS) is 12.9. The lowest BCUT2D eigenvalue weighted by atomic mass is 10.1. The maximum absolute atomic E-state index is 12.7. The van der Waals surface area contributed by atoms with E-state index in [9.17, 15) is 13.2 Å². The topological polar surface area (TPSA) is 35.8 Å². The Labute approximate surface area is 102 Å². The van der Waals surface area contributed by atoms with Gasteiger partial charge in [0.1, 0.15) is 0 Å². The zero-order valence-corrected chi connectivity index (χ0v) is 9.73. The quantitative estimate of drug-likeness (QED) is 0.891. The van der Waals surface area contributed by atoms with Crippen molar-refractivity contribution in [3.8, 4) is 6.07 Å². The number of para-hydroxylation sites is 1. The first-order valence-corrected chi connectivity index (χ1v) is 5.23. The number of benzene rings is 1. The Morgan fingerprint density at radius 3 is 2.65 bits per heavy atom. The summed E-state index contributed by atoms with van der Waals surface area (Å²) in [5.41, 5.74) is -1.00. The van der Waals surface area contributed by atoms with Crippen LogP contribution in [0.1, 0.15) is 18.9 Å². The van der Waals surface area contributed by atoms with E-state index in [0.717, 1.165) is 6.07 Å². The zero-order valence-electron chi connectivity index (χ0n) is 8.98. The van der Waals surface area contributed by atoms with Crippen LogP contribution in [-0.2, 0) is 6.18 Å². The summed E-state index contributed by atoms with van der Waals surface area (Å²) < 4.78 is 38.1. The van der Waals surface area contributed by atoms with Gasteiger partial charge in [-0.05, 0) is 19.1 Å². The summed E-state index contributed by atoms with van der Waals surface area (Å²) in [6.07, 6.45) is -4.37. The molecule has 0 aliphatic rings. The van der Waals surface area contributed by atoms with Crippen LogP contribution in [-0.4, -0.2) is 6.04 Å². The fraction of sp³-hybridized carbons (Fsp3) is 0.364. The Balaban J connectivity index is 3.09. The van der Waals surface area contributed by atoms with E-state index in [4.69, 9.17) is 16.9 Å². The summed E-state index contributed by atoms with van der Waals surface area (Å²) in [5, 5.41) is 11.1. The van der Waals surface area contributed by atoms with Crippen LogP contribution in [0.15, 0.2) is 18.2 Å². The third-order valence-corrected chi connectivity index (χ3v) is 2.42. The predicted octanol–water partition coefficient (Wildman–Crippen LogP) is 4.07. The highest BCUT2D eigenvalue weighted by molar-refractivity contribution is 6.33. The molecule has 0 fully saturated rings. The smallest absolute Gasteiger partial charge is 0.380 e. The zero-order chi connectivity index (χ0) is 13.1. The molecule has 92 valence electrons. The Kier molecular flexibility index (Phi) is 4.24. The summed E-state index contributed by atoms with van der Waals surface area (Å²) in [4.78, 5) is 0. The number of nitriles is 1. The minimum absolute atomic E-state index is 0.00962. The first-order valence-electron chi connectivity index (χ1n) is 4.85. The third kappa shape index (κ3) is 3.53. The molecule has 1 aromatic carbocycles. The van der Waals surface area contributed by atoms with Gasteiger partial charge < -0.3 is 5.32 Å². The number of rotatable bonds is 3. The molecule has 0 spiro atoms. The van der Waals surface area contributed by atoms with Gasteiger partial charge in [0.05, 0.1) is 28.8 Å². The van der Waals surface area contributed by atoms with E-state index in [1.165, 1.54) is 12.1 Å². The molecule has 1 N–H and O–H groups in total. The molecular weight excluding hydrogens is 253 g/mol. The summed E-state index contributed by atoms with van der Waals surface area (Å²) >= 11 is 5.73. The number of nitrogens with one attached hydrogen (secondary N) is 1. The molecule has 1 rings (SSSR count). The fourth-order valence-corrected chi connectivity index (χ4v) is 1.57. The van der Waals surface area contributed by atoms with Gasteiger partial charge in [0.15, 0.2) is 0 Å². The van der Waals surface area contributed by atoms with E-state index in [-0.39, 0.29) is 17.1 Å². The van der Waals surface area contributed by atoms with Gasteiger partial charge in [-0.3, -0.25) is 0 Å². The lowest BCUT2D eigenvalue weighted by Gasteiger charge is -2.18. The highest BCUT2D eigenvalue weighted by Crippen LogP contribution is 2.38. The Hall–Kier alpha value is -1.41. The van der Waals surface area contributed by atoms with Crippen LogP contribution in [0.3, 0.4) is 0 Å². The summed E-state index contributed by atoms with van der Waals surface area (Å²) in [5.74, 6) is 0. The van der Waals surface area contributed by atoms with Crippen molar-refractivity contribution in [2.75, 3.05) is 5.32 Å². The van der Waals surface area contributed by atoms with Gasteiger partial charge in [0.25, 0.3) is 0 Å². The van der Waals surface area contributed by atoms with Crippen molar-refractivity contribution >= 4 is 17.3 Å². The van der Waals surface area contributed by atoms with Crippen LogP contribution in [0.25, 0.3) is 0 Å². The second-order valence-electron chi connectivity index (χ2n) is 3.57. The molecule has 1 unspecified atom stereocenters. The van der Waals surface area contributed by atoms with Crippen LogP contribution in [0.5, 0.6) is 0 Å². The maximum atomic E-state index is 12.7. The molecule has 0 aromatic heterocycles. The Morgan fingerprint density at radius 2 is 2.12 bits per heavy atom. The van der Waals surface area contributed by atoms with Crippen LogP contribution in [0, 0.1) is 11.3 Å². The van der Waals surface area contributed by atoms with Crippen molar-refractivity contribution in [1.29, 1.82) is 5.26 Å². The maximum Gasteiger partial charge on any atom is 0.418 e. The molecule has 17 heavy (non-hydrogen) atoms. The SMILES string of the molecule is CC(CC#N)Nc1c(Cl)cccc1C(F)(F)F. The predicted molar refractivity (Wildman–Crippen MR) is 59.8 cm³/mol. The van der Waals surface area contributed by atoms with Crippen molar-refractivity contribution < 1.29 is 13.2 Å². The molecular formula is C11H10ClF3N2. The van der Waals surface area contributed by atoms with E-state index >= 15 is 0 Å². The summed E-state index contributed by atoms with van der Waals surface area (Å²) in [7, 11) is 0. The van der Waals surface area contributed by atoms with E-state index < -0.39 is 17.8 Å². The van der Waals surface area contributed by atoms with Gasteiger partial charge in [-0.25, -0.2) is 0 Å². The second kappa shape index (κ2) is 5.28. The number of halogens is 4. The first kappa shape index (κ1) is 13.7. The van der Waals surface area contributed by atoms with Crippen molar-refractivity contribution in [1.82, 2.24) is 0 Å². The van der Waals surface area contributed by atoms with Gasteiger partial charge in [-0.2, -0.15) is 18.4 Å². The van der Waals surface area contributed by atoms with Gasteiger partial charge in [-0.1, -0.05) is 17.7 Å². The third-order valence-electron chi connectivity index (χ3n) is 2.11. The lowest BCUT2D eigenvalue weighted by Crippen LogP contribution is -2.18. The summed E-state index contributed by atoms with van der Waals surface area (Å²) in [6, 6.07) is 5.04. The van der Waals surface area contributed by atoms with Crippen molar-refractivity contribution in [2.24, 2.45) is 0 Å². The van der Waals surface area contributed by atoms with Crippen LogP contribution in [0.2, 0.25) is 5.02 Å². The minimum Gasteiger partial charge on any atom is -0.380 e. The Bertz CT molecular complexity index is 437. The van der Waals surface area contributed by atoms with Crippen LogP contribution < -0.4 is 5.32 Å². The van der Waals surface area contributed by atoms with E-state index in [2.05, 4.69) is 5.32 Å². The number of hydrogen-bond acceptors (Lipinski definition) is 2. The van der Waals surface area contributed by atoms with E-state index in [0.29, 0.717) is 0 Å². The molecule has 0 heterocycles. The average Bonchev–Trinajstić information content (AvgIpc) is 2.19. The summed E-state index contributed by atoms with van der Waals surface area (Å²) in [6.45, 7) is 1.62. The van der Waals surface area contributed by atoms with Crippen molar-refractivity contribution in [3.05, 3.63) is 28.8 Å². The minimum atomic E-state index is -4.47. The standard InChI is InChI=1S/C11H10ClF3N2/c1-7(5-6-16)17-10-8(11(13,14)15)3-2-4-9(10)12/h2-4,7,17H,5H2,1H3. The number of nitrogens with zero attached hydrogens (tertiary/aromatic N) is 1. The molecule has 1 atom stereocenters. The van der Waals surface area contributed by atoms with Crippen molar-refractivity contribution in [2.45, 2.75) is 25.6 Å². The number of hydrogen-bond donors (Lipinski definition) is 1. The lowest BCUT2D eigenvalue weighted by molar-refractivity contribution is -0.137. The molecule has 0 saturated heterocycles. The molecule has 6 heteroatoms. The van der Waals surface area contributed by atoms with Crippen LogP contribution in [0.4, 0.5) is 18.9 Å². The highest BCUT2D eigenvalue weighted by atomic mass is 35.5. The van der Waals surface area contributed by atoms with Gasteiger partial charge in [0, 0.05) is 6.04 Å². The fourth-order valence-electron chi connectivity index (χ4n) is 1.34. The molecule has 2 nitrogen and oxygen atoms in total. The molecule has 0 saturated carbocycles. The largest absolute Gasteiger partial charge is 0.418 e. The molecule has 0 amide bonds. The van der Waals surface area contributed by atoms with Crippen molar-refractivity contribution in [3.63, 3.8) is 0 Å².